The summed E-state index contributed by atoms with van der Waals surface area (Å²) in [6.45, 7) is -1.49. The maximum Gasteiger partial charge on any atom is 0.333 e. The SMILES string of the molecule is Cc1nn(C(F)F)cc1S(=O)(=O)NCCc1nc2ccc(Cl)cc2[nH]1. The number of nitrogens with one attached hydrogen (secondary N) is 2. The summed E-state index contributed by atoms with van der Waals surface area (Å²) in [5, 5.41) is 4.06. The lowest BCUT2D eigenvalue weighted by Crippen LogP contribution is -2.26. The second kappa shape index (κ2) is 6.70. The molecule has 0 radical (unpaired) electrons. The Morgan fingerprint density at radius 2 is 2.16 bits per heavy atom. The van der Waals surface area contributed by atoms with Gasteiger partial charge in [-0.1, -0.05) is 11.6 Å². The number of nitrogens with zero attached hydrogens (tertiary/aromatic N) is 3. The van der Waals surface area contributed by atoms with Crippen molar-refractivity contribution in [2.75, 3.05) is 6.54 Å². The molecule has 0 saturated heterocycles. The first-order valence-corrected chi connectivity index (χ1v) is 9.10. The summed E-state index contributed by atoms with van der Waals surface area (Å²) in [6.07, 6.45) is 1.11. The number of aromatic nitrogens is 4. The number of imidazole rings is 1. The van der Waals surface area contributed by atoms with E-state index < -0.39 is 16.6 Å². The minimum absolute atomic E-state index is 0.00572. The molecular formula is C14H14ClF2N5O2S. The van der Waals surface area contributed by atoms with Gasteiger partial charge in [0.15, 0.2) is 0 Å². The third-order valence-electron chi connectivity index (χ3n) is 3.51. The van der Waals surface area contributed by atoms with Crippen LogP contribution in [0.3, 0.4) is 0 Å². The smallest absolute Gasteiger partial charge is 0.333 e. The Bertz CT molecular complexity index is 1020. The van der Waals surface area contributed by atoms with Gasteiger partial charge in [-0.2, -0.15) is 13.9 Å². The number of alkyl halides is 2. The van der Waals surface area contributed by atoms with Crippen LogP contribution < -0.4 is 4.72 Å². The second-order valence-electron chi connectivity index (χ2n) is 5.33. The van der Waals surface area contributed by atoms with Crippen LogP contribution in [0.2, 0.25) is 5.02 Å². The first-order chi connectivity index (χ1) is 11.8. The number of fused-ring (bicyclic) bond motifs is 1. The number of benzene rings is 1. The Balaban J connectivity index is 1.69. The average Bonchev–Trinajstić information content (AvgIpc) is 3.10. The fourth-order valence-corrected chi connectivity index (χ4v) is 3.74. The minimum atomic E-state index is -3.94. The Hall–Kier alpha value is -2.04. The van der Waals surface area contributed by atoms with E-state index in [-0.39, 0.29) is 17.1 Å². The predicted molar refractivity (Wildman–Crippen MR) is 88.2 cm³/mol. The molecule has 2 aromatic heterocycles. The van der Waals surface area contributed by atoms with Gasteiger partial charge in [-0.25, -0.2) is 22.8 Å². The summed E-state index contributed by atoms with van der Waals surface area (Å²) in [5.74, 6) is 0.583. The van der Waals surface area contributed by atoms with Crippen LogP contribution in [0.1, 0.15) is 18.1 Å². The van der Waals surface area contributed by atoms with E-state index in [2.05, 4.69) is 19.8 Å². The highest BCUT2D eigenvalue weighted by molar-refractivity contribution is 7.89. The maximum absolute atomic E-state index is 12.6. The van der Waals surface area contributed by atoms with Gasteiger partial charge in [0.2, 0.25) is 10.0 Å². The van der Waals surface area contributed by atoms with E-state index in [1.807, 2.05) is 0 Å². The maximum atomic E-state index is 12.6. The van der Waals surface area contributed by atoms with Crippen molar-refractivity contribution in [2.24, 2.45) is 0 Å². The molecule has 0 aliphatic rings. The molecule has 0 saturated carbocycles. The Kier molecular flexibility index (Phi) is 4.76. The highest BCUT2D eigenvalue weighted by Gasteiger charge is 2.22. The van der Waals surface area contributed by atoms with Gasteiger partial charge >= 0.3 is 6.55 Å². The van der Waals surface area contributed by atoms with Crippen molar-refractivity contribution in [2.45, 2.75) is 24.8 Å². The molecule has 7 nitrogen and oxygen atoms in total. The van der Waals surface area contributed by atoms with Crippen LogP contribution in [-0.4, -0.2) is 34.7 Å². The normalized spacial score (nSPS) is 12.4. The van der Waals surface area contributed by atoms with Crippen molar-refractivity contribution in [1.29, 1.82) is 0 Å². The van der Waals surface area contributed by atoms with E-state index in [4.69, 9.17) is 11.6 Å². The highest BCUT2D eigenvalue weighted by Crippen LogP contribution is 2.19. The fourth-order valence-electron chi connectivity index (χ4n) is 2.36. The molecule has 0 fully saturated rings. The van der Waals surface area contributed by atoms with Crippen molar-refractivity contribution in [3.63, 3.8) is 0 Å². The van der Waals surface area contributed by atoms with Crippen LogP contribution >= 0.6 is 11.6 Å². The first-order valence-electron chi connectivity index (χ1n) is 7.24. The fraction of sp³-hybridized carbons (Fsp3) is 0.286. The van der Waals surface area contributed by atoms with Crippen molar-refractivity contribution >= 4 is 32.7 Å². The quantitative estimate of drug-likeness (QED) is 0.677. The van der Waals surface area contributed by atoms with Gasteiger partial charge < -0.3 is 4.98 Å². The van der Waals surface area contributed by atoms with E-state index in [9.17, 15) is 17.2 Å². The number of halogens is 3. The van der Waals surface area contributed by atoms with Crippen molar-refractivity contribution in [1.82, 2.24) is 24.5 Å². The molecule has 3 aromatic rings. The molecule has 0 amide bonds. The largest absolute Gasteiger partial charge is 0.342 e. The number of hydrogen-bond donors (Lipinski definition) is 2. The van der Waals surface area contributed by atoms with Gasteiger partial charge in [0.1, 0.15) is 10.7 Å². The van der Waals surface area contributed by atoms with Crippen LogP contribution in [0.15, 0.2) is 29.3 Å². The van der Waals surface area contributed by atoms with Crippen LogP contribution in [0.4, 0.5) is 8.78 Å². The monoisotopic (exact) mass is 389 g/mol. The molecule has 3 rings (SSSR count). The van der Waals surface area contributed by atoms with Crippen molar-refractivity contribution in [3.8, 4) is 0 Å². The van der Waals surface area contributed by atoms with Crippen molar-refractivity contribution < 1.29 is 17.2 Å². The molecule has 0 aliphatic carbocycles. The van der Waals surface area contributed by atoms with E-state index >= 15 is 0 Å². The van der Waals surface area contributed by atoms with E-state index in [1.165, 1.54) is 6.92 Å². The van der Waals surface area contributed by atoms with Gasteiger partial charge in [-0.3, -0.25) is 0 Å². The van der Waals surface area contributed by atoms with Crippen LogP contribution in [0, 0.1) is 6.92 Å². The highest BCUT2D eigenvalue weighted by atomic mass is 35.5. The molecule has 25 heavy (non-hydrogen) atoms. The second-order valence-corrected chi connectivity index (χ2v) is 7.50. The summed E-state index contributed by atoms with van der Waals surface area (Å²) in [4.78, 5) is 7.10. The average molecular weight is 390 g/mol. The Morgan fingerprint density at radius 3 is 2.84 bits per heavy atom. The van der Waals surface area contributed by atoms with E-state index in [1.54, 1.807) is 18.2 Å². The summed E-state index contributed by atoms with van der Waals surface area (Å²) >= 11 is 5.90. The van der Waals surface area contributed by atoms with Gasteiger partial charge in [0.05, 0.1) is 22.9 Å². The summed E-state index contributed by atoms with van der Waals surface area (Å²) in [6, 6.07) is 5.18. The standard InChI is InChI=1S/C14H14ClF2N5O2S/c1-8-12(7-22(21-8)14(16)17)25(23,24)18-5-4-13-19-10-3-2-9(15)6-11(10)20-13/h2-3,6-7,14,18H,4-5H2,1H3,(H,19,20). The third-order valence-corrected chi connectivity index (χ3v) is 5.31. The number of H-pyrrole nitrogens is 1. The van der Waals surface area contributed by atoms with Gasteiger partial charge in [0, 0.05) is 18.0 Å². The zero-order valence-electron chi connectivity index (χ0n) is 13.0. The molecule has 0 bridgehead atoms. The summed E-state index contributed by atoms with van der Waals surface area (Å²) in [5.41, 5.74) is 1.47. The lowest BCUT2D eigenvalue weighted by molar-refractivity contribution is 0.0561. The lowest BCUT2D eigenvalue weighted by Gasteiger charge is -2.04. The molecule has 134 valence electrons. The molecule has 0 unspecified atom stereocenters. The minimum Gasteiger partial charge on any atom is -0.342 e. The number of rotatable bonds is 6. The van der Waals surface area contributed by atoms with Crippen LogP contribution in [0.25, 0.3) is 11.0 Å². The molecule has 0 atom stereocenters. The number of sulfonamides is 1. The molecule has 1 aromatic carbocycles. The number of aryl methyl sites for hydroxylation is 1. The molecule has 0 aliphatic heterocycles. The molecular weight excluding hydrogens is 376 g/mol. The number of hydrogen-bond acceptors (Lipinski definition) is 4. The number of aromatic amines is 1. The first kappa shape index (κ1) is 17.8. The zero-order valence-corrected chi connectivity index (χ0v) is 14.6. The lowest BCUT2D eigenvalue weighted by atomic mass is 10.3. The molecule has 2 N–H and O–H groups in total. The molecule has 0 spiro atoms. The molecule has 2 heterocycles. The van der Waals surface area contributed by atoms with Crippen molar-refractivity contribution in [3.05, 3.63) is 40.9 Å². The van der Waals surface area contributed by atoms with Gasteiger partial charge in [-0.05, 0) is 25.1 Å². The van der Waals surface area contributed by atoms with Gasteiger partial charge in [-0.15, -0.1) is 0 Å². The van der Waals surface area contributed by atoms with Gasteiger partial charge in [0.25, 0.3) is 0 Å². The topological polar surface area (TPSA) is 92.7 Å². The van der Waals surface area contributed by atoms with E-state index in [0.29, 0.717) is 21.9 Å². The Morgan fingerprint density at radius 1 is 1.40 bits per heavy atom. The third kappa shape index (κ3) is 3.80. The Labute approximate surface area is 147 Å². The zero-order chi connectivity index (χ0) is 18.2. The van der Waals surface area contributed by atoms with E-state index in [0.717, 1.165) is 17.2 Å². The summed E-state index contributed by atoms with van der Waals surface area (Å²) < 4.78 is 52.4. The summed E-state index contributed by atoms with van der Waals surface area (Å²) in [7, 11) is -3.94. The molecule has 11 heteroatoms. The predicted octanol–water partition coefficient (Wildman–Crippen LogP) is 2.64. The van der Waals surface area contributed by atoms with Crippen LogP contribution in [-0.2, 0) is 16.4 Å². The van der Waals surface area contributed by atoms with Crippen LogP contribution in [0.5, 0.6) is 0 Å².